The Morgan fingerprint density at radius 3 is 1.85 bits per heavy atom. The molecule has 0 unspecified atom stereocenters. The van der Waals surface area contributed by atoms with Crippen LogP contribution in [0.25, 0.3) is 0 Å². The van der Waals surface area contributed by atoms with Crippen molar-refractivity contribution in [2.45, 2.75) is 6.92 Å². The molecule has 0 spiro atoms. The summed E-state index contributed by atoms with van der Waals surface area (Å²) in [5.41, 5.74) is 0. The lowest BCUT2D eigenvalue weighted by Gasteiger charge is -2.06. The molecule has 0 amide bonds. The summed E-state index contributed by atoms with van der Waals surface area (Å²) in [6.07, 6.45) is 2.00. The molecule has 7 heteroatoms. The van der Waals surface area contributed by atoms with E-state index in [1.54, 1.807) is 0 Å². The first-order valence-electron chi connectivity index (χ1n) is 6.36. The molecule has 0 bridgehead atoms. The second-order valence-electron chi connectivity index (χ2n) is 3.45. The van der Waals surface area contributed by atoms with Gasteiger partial charge in [0, 0.05) is 18.8 Å². The van der Waals surface area contributed by atoms with Crippen molar-refractivity contribution in [2.75, 3.05) is 53.4 Å². The van der Waals surface area contributed by atoms with E-state index in [1.807, 2.05) is 6.92 Å². The third kappa shape index (κ3) is 13.0. The molecule has 0 aromatic carbocycles. The van der Waals surface area contributed by atoms with Crippen LogP contribution in [0.2, 0.25) is 0 Å². The van der Waals surface area contributed by atoms with Gasteiger partial charge in [-0.05, 0) is 6.92 Å². The van der Waals surface area contributed by atoms with Gasteiger partial charge in [-0.15, -0.1) is 0 Å². The van der Waals surface area contributed by atoms with Crippen LogP contribution in [0.3, 0.4) is 0 Å². The molecular formula is C13H22O7. The zero-order valence-corrected chi connectivity index (χ0v) is 12.0. The molecule has 0 aliphatic rings. The molecule has 0 radical (unpaired) electrons. The maximum atomic E-state index is 11.1. The monoisotopic (exact) mass is 290 g/mol. The van der Waals surface area contributed by atoms with Gasteiger partial charge in [0.2, 0.25) is 0 Å². The van der Waals surface area contributed by atoms with Crippen LogP contribution < -0.4 is 0 Å². The molecule has 0 rings (SSSR count). The summed E-state index contributed by atoms with van der Waals surface area (Å²) < 4.78 is 24.6. The predicted molar refractivity (Wildman–Crippen MR) is 70.2 cm³/mol. The summed E-state index contributed by atoms with van der Waals surface area (Å²) in [7, 11) is 1.22. The summed E-state index contributed by atoms with van der Waals surface area (Å²) in [6.45, 7) is 4.96. The number of esters is 2. The highest BCUT2D eigenvalue weighted by Gasteiger charge is 1.99. The Hall–Kier alpha value is -1.44. The van der Waals surface area contributed by atoms with Crippen molar-refractivity contribution in [3.05, 3.63) is 12.2 Å². The molecule has 0 saturated heterocycles. The van der Waals surface area contributed by atoms with Crippen molar-refractivity contribution in [1.82, 2.24) is 0 Å². The number of carbonyl (C=O) groups excluding carboxylic acids is 2. The van der Waals surface area contributed by atoms with Gasteiger partial charge < -0.3 is 23.7 Å². The molecule has 7 nitrogen and oxygen atoms in total. The molecule has 0 aliphatic heterocycles. The summed E-state index contributed by atoms with van der Waals surface area (Å²) >= 11 is 0. The molecule has 0 saturated carbocycles. The van der Waals surface area contributed by atoms with E-state index in [2.05, 4.69) is 4.74 Å². The van der Waals surface area contributed by atoms with E-state index in [-0.39, 0.29) is 13.2 Å². The molecule has 0 heterocycles. The molecule has 0 aromatic heterocycles. The van der Waals surface area contributed by atoms with Crippen LogP contribution >= 0.6 is 0 Å². The molecule has 0 N–H and O–H groups in total. The summed E-state index contributed by atoms with van der Waals surface area (Å²) in [6, 6.07) is 0. The zero-order chi connectivity index (χ0) is 15.1. The van der Waals surface area contributed by atoms with Gasteiger partial charge in [-0.2, -0.15) is 0 Å². The van der Waals surface area contributed by atoms with E-state index in [1.165, 1.54) is 7.11 Å². The van der Waals surface area contributed by atoms with Gasteiger partial charge >= 0.3 is 11.9 Å². The second kappa shape index (κ2) is 14.0. The maximum absolute atomic E-state index is 11.1. The predicted octanol–water partition coefficient (Wildman–Crippen LogP) is 0.329. The lowest BCUT2D eigenvalue weighted by molar-refractivity contribution is -0.140. The summed E-state index contributed by atoms with van der Waals surface area (Å²) in [5.74, 6) is -1.23. The molecule has 116 valence electrons. The zero-order valence-electron chi connectivity index (χ0n) is 12.0. The molecule has 0 atom stereocenters. The molecular weight excluding hydrogens is 268 g/mol. The quantitative estimate of drug-likeness (QED) is 0.291. The summed E-state index contributed by atoms with van der Waals surface area (Å²) in [5, 5.41) is 0. The van der Waals surface area contributed by atoms with Crippen LogP contribution in [0.4, 0.5) is 0 Å². The molecule has 0 aromatic rings. The number of rotatable bonds is 12. The van der Waals surface area contributed by atoms with E-state index in [4.69, 9.17) is 18.9 Å². The Kier molecular flexibility index (Phi) is 13.0. The highest BCUT2D eigenvalue weighted by Crippen LogP contribution is 1.86. The minimum Gasteiger partial charge on any atom is -0.466 e. The Labute approximate surface area is 118 Å². The van der Waals surface area contributed by atoms with Crippen LogP contribution in [0.5, 0.6) is 0 Å². The van der Waals surface area contributed by atoms with Gasteiger partial charge in [0.15, 0.2) is 0 Å². The fraction of sp³-hybridized carbons (Fsp3) is 0.692. The first-order valence-corrected chi connectivity index (χ1v) is 6.36. The fourth-order valence-electron chi connectivity index (χ4n) is 1.04. The Morgan fingerprint density at radius 1 is 0.800 bits per heavy atom. The van der Waals surface area contributed by atoms with Crippen molar-refractivity contribution >= 4 is 11.9 Å². The van der Waals surface area contributed by atoms with Gasteiger partial charge in [0.1, 0.15) is 6.61 Å². The normalized spacial score (nSPS) is 10.7. The first-order chi connectivity index (χ1) is 9.70. The highest BCUT2D eigenvalue weighted by molar-refractivity contribution is 5.91. The van der Waals surface area contributed by atoms with Crippen molar-refractivity contribution in [3.63, 3.8) is 0 Å². The second-order valence-corrected chi connectivity index (χ2v) is 3.45. The van der Waals surface area contributed by atoms with E-state index in [9.17, 15) is 9.59 Å². The van der Waals surface area contributed by atoms with Crippen molar-refractivity contribution < 1.29 is 33.3 Å². The van der Waals surface area contributed by atoms with Gasteiger partial charge in [0.25, 0.3) is 0 Å². The number of carbonyl (C=O) groups is 2. The van der Waals surface area contributed by atoms with Crippen LogP contribution in [0, 0.1) is 0 Å². The third-order valence-electron chi connectivity index (χ3n) is 1.98. The molecule has 0 aliphatic carbocycles. The van der Waals surface area contributed by atoms with Gasteiger partial charge in [-0.1, -0.05) is 0 Å². The minimum atomic E-state index is -0.619. The number of methoxy groups -OCH3 is 1. The fourth-order valence-corrected chi connectivity index (χ4v) is 1.04. The van der Waals surface area contributed by atoms with Crippen molar-refractivity contribution in [3.8, 4) is 0 Å². The Morgan fingerprint density at radius 2 is 1.30 bits per heavy atom. The van der Waals surface area contributed by atoms with Gasteiger partial charge in [-0.3, -0.25) is 0 Å². The number of ether oxygens (including phenoxy) is 5. The summed E-state index contributed by atoms with van der Waals surface area (Å²) in [4.78, 5) is 21.8. The van der Waals surface area contributed by atoms with Crippen molar-refractivity contribution in [2.24, 2.45) is 0 Å². The molecule has 20 heavy (non-hydrogen) atoms. The minimum absolute atomic E-state index is 0.114. The third-order valence-corrected chi connectivity index (χ3v) is 1.98. The standard InChI is InChI=1S/C13H22O7/c1-3-17-6-7-18-8-9-19-10-11-20-13(15)5-4-12(14)16-2/h4-5H,3,6-11H2,1-2H3/b5-4+. The highest BCUT2D eigenvalue weighted by atomic mass is 16.6. The average Bonchev–Trinajstić information content (AvgIpc) is 2.46. The van der Waals surface area contributed by atoms with E-state index in [0.717, 1.165) is 12.2 Å². The van der Waals surface area contributed by atoms with E-state index < -0.39 is 11.9 Å². The smallest absolute Gasteiger partial charge is 0.331 e. The topological polar surface area (TPSA) is 80.3 Å². The van der Waals surface area contributed by atoms with Crippen LogP contribution in [0.15, 0.2) is 12.2 Å². The lowest BCUT2D eigenvalue weighted by Crippen LogP contribution is -2.13. The molecule has 0 fully saturated rings. The Balaban J connectivity index is 3.29. The average molecular weight is 290 g/mol. The number of hydrogen-bond donors (Lipinski definition) is 0. The lowest BCUT2D eigenvalue weighted by atomic mass is 10.5. The van der Waals surface area contributed by atoms with Crippen LogP contribution in [-0.4, -0.2) is 65.3 Å². The first kappa shape index (κ1) is 18.6. The maximum Gasteiger partial charge on any atom is 0.331 e. The Bertz CT molecular complexity index is 288. The number of hydrogen-bond acceptors (Lipinski definition) is 7. The van der Waals surface area contributed by atoms with Crippen LogP contribution in [0.1, 0.15) is 6.92 Å². The van der Waals surface area contributed by atoms with Crippen molar-refractivity contribution in [1.29, 1.82) is 0 Å². The largest absolute Gasteiger partial charge is 0.466 e. The van der Waals surface area contributed by atoms with Crippen LogP contribution in [-0.2, 0) is 33.3 Å². The SMILES string of the molecule is CCOCCOCCOCCOC(=O)/C=C/C(=O)OC. The van der Waals surface area contributed by atoms with E-state index in [0.29, 0.717) is 33.0 Å². The van der Waals surface area contributed by atoms with Gasteiger partial charge in [-0.25, -0.2) is 9.59 Å². The van der Waals surface area contributed by atoms with Gasteiger partial charge in [0.05, 0.1) is 40.1 Å². The van der Waals surface area contributed by atoms with E-state index >= 15 is 0 Å².